The van der Waals surface area contributed by atoms with Crippen molar-refractivity contribution in [2.75, 3.05) is 18.4 Å². The molecule has 0 unspecified atom stereocenters. The van der Waals surface area contributed by atoms with Gasteiger partial charge >= 0.3 is 6.18 Å². The van der Waals surface area contributed by atoms with Crippen molar-refractivity contribution in [1.29, 1.82) is 0 Å². The molecular formula is C22H18Cl3F3N4O2. The molecule has 1 aliphatic rings. The molecule has 1 N–H and O–H groups in total. The van der Waals surface area contributed by atoms with Crippen LogP contribution < -0.4 is 5.32 Å². The van der Waals surface area contributed by atoms with E-state index in [0.29, 0.717) is 59.8 Å². The SMILES string of the molecule is O=C(Nc1cc(C(F)(F)F)ccc1Cl)C1CCN(Cc2nc(-c3ccc(Cl)cc3Cl)no2)CC1. The maximum Gasteiger partial charge on any atom is 0.416 e. The molecule has 0 saturated carbocycles. The molecule has 0 atom stereocenters. The molecule has 2 heterocycles. The number of nitrogens with zero attached hydrogens (tertiary/aromatic N) is 3. The largest absolute Gasteiger partial charge is 0.416 e. The first kappa shape index (κ1) is 24.8. The van der Waals surface area contributed by atoms with Gasteiger partial charge in [0.2, 0.25) is 17.6 Å². The van der Waals surface area contributed by atoms with Crippen LogP contribution in [0.3, 0.4) is 0 Å². The van der Waals surface area contributed by atoms with Gasteiger partial charge < -0.3 is 9.84 Å². The summed E-state index contributed by atoms with van der Waals surface area (Å²) in [5.74, 6) is 0.0369. The lowest BCUT2D eigenvalue weighted by atomic mass is 9.95. The smallest absolute Gasteiger partial charge is 0.338 e. The highest BCUT2D eigenvalue weighted by Gasteiger charge is 2.32. The number of benzene rings is 2. The number of hydrogen-bond acceptors (Lipinski definition) is 5. The second-order valence-electron chi connectivity index (χ2n) is 7.87. The third-order valence-corrected chi connectivity index (χ3v) is 6.39. The Bertz CT molecular complexity index is 1190. The first-order chi connectivity index (χ1) is 16.1. The van der Waals surface area contributed by atoms with Crippen molar-refractivity contribution in [3.05, 3.63) is 62.9 Å². The predicted molar refractivity (Wildman–Crippen MR) is 123 cm³/mol. The maximum absolute atomic E-state index is 13.0. The van der Waals surface area contributed by atoms with Crippen LogP contribution in [-0.4, -0.2) is 34.0 Å². The highest BCUT2D eigenvalue weighted by Crippen LogP contribution is 2.34. The van der Waals surface area contributed by atoms with Crippen LogP contribution in [0.2, 0.25) is 15.1 Å². The molecule has 1 aromatic heterocycles. The highest BCUT2D eigenvalue weighted by molar-refractivity contribution is 6.36. The normalized spacial score (nSPS) is 15.5. The molecule has 1 amide bonds. The van der Waals surface area contributed by atoms with Crippen molar-refractivity contribution in [3.8, 4) is 11.4 Å². The van der Waals surface area contributed by atoms with Crippen molar-refractivity contribution in [1.82, 2.24) is 15.0 Å². The zero-order chi connectivity index (χ0) is 24.5. The number of likely N-dealkylation sites (tertiary alicyclic amines) is 1. The van der Waals surface area contributed by atoms with Crippen LogP contribution in [0.1, 0.15) is 24.3 Å². The molecule has 0 bridgehead atoms. The standard InChI is InChI=1S/C22H18Cl3F3N4O2/c23-14-2-3-15(17(25)10-14)20-30-19(34-31-20)11-32-7-5-12(6-8-32)21(33)29-18-9-13(22(26,27)28)1-4-16(18)24/h1-4,9-10,12H,5-8,11H2,(H,29,33). The minimum atomic E-state index is -4.52. The van der Waals surface area contributed by atoms with Gasteiger partial charge in [0.1, 0.15) is 0 Å². The van der Waals surface area contributed by atoms with Crippen LogP contribution in [0.5, 0.6) is 0 Å². The molecule has 1 fully saturated rings. The van der Waals surface area contributed by atoms with Gasteiger partial charge in [-0.1, -0.05) is 40.0 Å². The first-order valence-electron chi connectivity index (χ1n) is 10.3. The molecule has 1 aliphatic heterocycles. The number of rotatable bonds is 5. The van der Waals surface area contributed by atoms with Crippen molar-refractivity contribution in [3.63, 3.8) is 0 Å². The summed E-state index contributed by atoms with van der Waals surface area (Å²) in [6, 6.07) is 7.83. The van der Waals surface area contributed by atoms with Crippen LogP contribution in [0, 0.1) is 5.92 Å². The van der Waals surface area contributed by atoms with Gasteiger partial charge in [-0.15, -0.1) is 0 Å². The Morgan fingerprint density at radius 2 is 1.82 bits per heavy atom. The van der Waals surface area contributed by atoms with E-state index in [1.54, 1.807) is 18.2 Å². The minimum absolute atomic E-state index is 0.0479. The second kappa shape index (κ2) is 10.1. The summed E-state index contributed by atoms with van der Waals surface area (Å²) >= 11 is 18.1. The number of carbonyl (C=O) groups is 1. The molecule has 0 spiro atoms. The van der Waals surface area contributed by atoms with Gasteiger partial charge in [0.25, 0.3) is 0 Å². The second-order valence-corrected chi connectivity index (χ2v) is 9.12. The van der Waals surface area contributed by atoms with Crippen molar-refractivity contribution < 1.29 is 22.5 Å². The quantitative estimate of drug-likeness (QED) is 0.402. The van der Waals surface area contributed by atoms with E-state index in [2.05, 4.69) is 20.4 Å². The summed E-state index contributed by atoms with van der Waals surface area (Å²) in [6.07, 6.45) is -3.48. The monoisotopic (exact) mass is 532 g/mol. The average Bonchev–Trinajstić information content (AvgIpc) is 3.23. The van der Waals surface area contributed by atoms with Gasteiger partial charge in [0, 0.05) is 16.5 Å². The van der Waals surface area contributed by atoms with E-state index in [1.165, 1.54) is 0 Å². The molecule has 0 radical (unpaired) electrons. The minimum Gasteiger partial charge on any atom is -0.338 e. The number of amides is 1. The number of alkyl halides is 3. The van der Waals surface area contributed by atoms with Crippen molar-refractivity contribution >= 4 is 46.4 Å². The molecule has 34 heavy (non-hydrogen) atoms. The fourth-order valence-corrected chi connectivity index (χ4v) is 4.33. The van der Waals surface area contributed by atoms with Gasteiger partial charge in [0.05, 0.1) is 27.8 Å². The molecule has 2 aromatic carbocycles. The van der Waals surface area contributed by atoms with E-state index in [0.717, 1.165) is 18.2 Å². The van der Waals surface area contributed by atoms with Crippen LogP contribution in [0.25, 0.3) is 11.4 Å². The number of hydrogen-bond donors (Lipinski definition) is 1. The number of aromatic nitrogens is 2. The van der Waals surface area contributed by atoms with E-state index < -0.39 is 11.7 Å². The van der Waals surface area contributed by atoms with E-state index in [4.69, 9.17) is 39.3 Å². The molecule has 4 rings (SSSR count). The first-order valence-corrected chi connectivity index (χ1v) is 11.4. The van der Waals surface area contributed by atoms with Gasteiger partial charge in [0.15, 0.2) is 0 Å². The average molecular weight is 534 g/mol. The summed E-state index contributed by atoms with van der Waals surface area (Å²) in [7, 11) is 0. The summed E-state index contributed by atoms with van der Waals surface area (Å²) in [5.41, 5.74) is -0.325. The number of halogens is 6. The molecular weight excluding hydrogens is 516 g/mol. The van der Waals surface area contributed by atoms with Gasteiger partial charge in [-0.25, -0.2) is 0 Å². The Hall–Kier alpha value is -2.33. The number of piperidine rings is 1. The molecule has 0 aliphatic carbocycles. The third-order valence-electron chi connectivity index (χ3n) is 5.51. The molecule has 1 saturated heterocycles. The Balaban J connectivity index is 1.33. The maximum atomic E-state index is 13.0. The summed E-state index contributed by atoms with van der Waals surface area (Å²) < 4.78 is 44.2. The van der Waals surface area contributed by atoms with Crippen LogP contribution >= 0.6 is 34.8 Å². The van der Waals surface area contributed by atoms with Gasteiger partial charge in [-0.05, 0) is 62.3 Å². The highest BCUT2D eigenvalue weighted by atomic mass is 35.5. The fourth-order valence-electron chi connectivity index (χ4n) is 3.68. The zero-order valence-corrected chi connectivity index (χ0v) is 19.8. The Morgan fingerprint density at radius 1 is 1.09 bits per heavy atom. The fraction of sp³-hybridized carbons (Fsp3) is 0.318. The van der Waals surface area contributed by atoms with Gasteiger partial charge in [-0.2, -0.15) is 18.2 Å². The predicted octanol–water partition coefficient (Wildman–Crippen LogP) is 6.57. The van der Waals surface area contributed by atoms with E-state index in [1.807, 2.05) is 0 Å². The molecule has 12 heteroatoms. The Labute approximate surface area is 208 Å². The van der Waals surface area contributed by atoms with E-state index in [9.17, 15) is 18.0 Å². The van der Waals surface area contributed by atoms with Crippen LogP contribution in [0.4, 0.5) is 18.9 Å². The molecule has 180 valence electrons. The van der Waals surface area contributed by atoms with Crippen molar-refractivity contribution in [2.24, 2.45) is 5.92 Å². The summed E-state index contributed by atoms with van der Waals surface area (Å²) in [4.78, 5) is 19.1. The summed E-state index contributed by atoms with van der Waals surface area (Å²) in [6.45, 7) is 1.55. The van der Waals surface area contributed by atoms with E-state index in [-0.39, 0.29) is 22.5 Å². The Morgan fingerprint density at radius 3 is 2.50 bits per heavy atom. The summed E-state index contributed by atoms with van der Waals surface area (Å²) in [5, 5.41) is 7.46. The van der Waals surface area contributed by atoms with Crippen LogP contribution in [0.15, 0.2) is 40.9 Å². The number of carbonyl (C=O) groups excluding carboxylic acids is 1. The zero-order valence-electron chi connectivity index (χ0n) is 17.5. The van der Waals surface area contributed by atoms with Gasteiger partial charge in [-0.3, -0.25) is 9.69 Å². The third kappa shape index (κ3) is 5.83. The van der Waals surface area contributed by atoms with Crippen LogP contribution in [-0.2, 0) is 17.5 Å². The van der Waals surface area contributed by atoms with Crippen molar-refractivity contribution in [2.45, 2.75) is 25.6 Å². The Kier molecular flexibility index (Phi) is 7.37. The number of nitrogens with one attached hydrogen (secondary N) is 1. The molecule has 3 aromatic rings. The lowest BCUT2D eigenvalue weighted by Crippen LogP contribution is -2.37. The number of anilines is 1. The van der Waals surface area contributed by atoms with E-state index >= 15 is 0 Å². The topological polar surface area (TPSA) is 71.3 Å². The molecule has 6 nitrogen and oxygen atoms in total. The lowest BCUT2D eigenvalue weighted by molar-refractivity contribution is -0.137. The lowest BCUT2D eigenvalue weighted by Gasteiger charge is -2.30.